The molecule has 0 bridgehead atoms. The van der Waals surface area contributed by atoms with Crippen molar-refractivity contribution in [3.8, 4) is 28.4 Å². The van der Waals surface area contributed by atoms with Gasteiger partial charge in [0.1, 0.15) is 11.4 Å². The second-order valence-corrected chi connectivity index (χ2v) is 6.67. The van der Waals surface area contributed by atoms with E-state index >= 15 is 0 Å². The number of anilines is 1. The largest absolute Gasteiger partial charge is 0.497 e. The number of thiazole rings is 1. The Morgan fingerprint density at radius 2 is 1.88 bits per heavy atom. The summed E-state index contributed by atoms with van der Waals surface area (Å²) in [5.41, 5.74) is 3.65. The van der Waals surface area contributed by atoms with Gasteiger partial charge in [-0.05, 0) is 42.8 Å². The fraction of sp³-hybridized carbons (Fsp3) is 0.211. The predicted octanol–water partition coefficient (Wildman–Crippen LogP) is 3.64. The third-order valence-electron chi connectivity index (χ3n) is 4.02. The molecule has 1 aliphatic rings. The van der Waals surface area contributed by atoms with E-state index in [4.69, 9.17) is 9.72 Å². The number of guanidine groups is 1. The van der Waals surface area contributed by atoms with Crippen molar-refractivity contribution in [2.45, 2.75) is 6.42 Å². The molecule has 0 amide bonds. The fourth-order valence-electron chi connectivity index (χ4n) is 2.67. The number of hydrogen-bond acceptors (Lipinski definition) is 7. The molecule has 0 saturated heterocycles. The van der Waals surface area contributed by atoms with E-state index in [0.717, 1.165) is 59.0 Å². The van der Waals surface area contributed by atoms with Crippen LogP contribution >= 0.6 is 11.3 Å². The number of nitrogens with one attached hydrogen (secondary N) is 2. The lowest BCUT2D eigenvalue weighted by atomic mass is 10.1. The van der Waals surface area contributed by atoms with Gasteiger partial charge in [0, 0.05) is 24.0 Å². The smallest absolute Gasteiger partial charge is 0.197 e. The van der Waals surface area contributed by atoms with Gasteiger partial charge in [0.05, 0.1) is 18.5 Å². The molecule has 26 heavy (non-hydrogen) atoms. The molecule has 2 aromatic heterocycles. The van der Waals surface area contributed by atoms with Crippen LogP contribution in [0.15, 0.2) is 52.8 Å². The van der Waals surface area contributed by atoms with Crippen LogP contribution < -0.4 is 15.4 Å². The first-order valence-electron chi connectivity index (χ1n) is 8.44. The van der Waals surface area contributed by atoms with Crippen molar-refractivity contribution in [1.82, 2.24) is 15.3 Å². The SMILES string of the molecule is COc1ccc(-c2cccc(-c3csc(NC4=NCCCN4)n3)n2)cc1. The number of nitrogens with zero attached hydrogens (tertiary/aromatic N) is 3. The molecule has 7 heteroatoms. The molecule has 1 aliphatic heterocycles. The van der Waals surface area contributed by atoms with Crippen LogP contribution in [0.25, 0.3) is 22.6 Å². The van der Waals surface area contributed by atoms with Crippen molar-refractivity contribution in [2.75, 3.05) is 25.5 Å². The molecule has 0 spiro atoms. The van der Waals surface area contributed by atoms with Crippen molar-refractivity contribution in [2.24, 2.45) is 4.99 Å². The van der Waals surface area contributed by atoms with Crippen molar-refractivity contribution >= 4 is 22.4 Å². The molecule has 3 heterocycles. The maximum Gasteiger partial charge on any atom is 0.197 e. The average molecular weight is 365 g/mol. The standard InChI is InChI=1S/C19H19N5OS/c1-25-14-8-6-13(7-9-14)15-4-2-5-16(22-15)17-12-26-19(23-17)24-18-20-10-3-11-21-18/h2,4-9,12H,3,10-11H2,1H3,(H2,20,21,23,24). The lowest BCUT2D eigenvalue weighted by Gasteiger charge is -2.14. The number of aromatic nitrogens is 2. The number of benzene rings is 1. The summed E-state index contributed by atoms with van der Waals surface area (Å²) in [5, 5.41) is 9.29. The first-order chi connectivity index (χ1) is 12.8. The molecule has 0 unspecified atom stereocenters. The summed E-state index contributed by atoms with van der Waals surface area (Å²) in [6.45, 7) is 1.79. The number of hydrogen-bond donors (Lipinski definition) is 2. The lowest BCUT2D eigenvalue weighted by molar-refractivity contribution is 0.415. The third-order valence-corrected chi connectivity index (χ3v) is 4.78. The minimum Gasteiger partial charge on any atom is -0.497 e. The highest BCUT2D eigenvalue weighted by atomic mass is 32.1. The minimum absolute atomic E-state index is 0.789. The fourth-order valence-corrected chi connectivity index (χ4v) is 3.37. The van der Waals surface area contributed by atoms with Crippen molar-refractivity contribution in [3.63, 3.8) is 0 Å². The topological polar surface area (TPSA) is 71.4 Å². The number of aliphatic imine (C=N–C) groups is 1. The highest BCUT2D eigenvalue weighted by molar-refractivity contribution is 7.14. The van der Waals surface area contributed by atoms with Crippen LogP contribution in [0, 0.1) is 0 Å². The highest BCUT2D eigenvalue weighted by Crippen LogP contribution is 2.27. The third kappa shape index (κ3) is 3.67. The summed E-state index contributed by atoms with van der Waals surface area (Å²) in [6.07, 6.45) is 1.07. The average Bonchev–Trinajstić information content (AvgIpc) is 3.17. The van der Waals surface area contributed by atoms with Crippen molar-refractivity contribution in [3.05, 3.63) is 47.8 Å². The quantitative estimate of drug-likeness (QED) is 0.739. The van der Waals surface area contributed by atoms with Gasteiger partial charge < -0.3 is 15.4 Å². The summed E-state index contributed by atoms with van der Waals surface area (Å²) >= 11 is 1.55. The predicted molar refractivity (Wildman–Crippen MR) is 106 cm³/mol. The molecule has 2 N–H and O–H groups in total. The highest BCUT2D eigenvalue weighted by Gasteiger charge is 2.10. The van der Waals surface area contributed by atoms with E-state index in [0.29, 0.717) is 0 Å². The number of rotatable bonds is 4. The second-order valence-electron chi connectivity index (χ2n) is 5.81. The number of pyridine rings is 1. The lowest BCUT2D eigenvalue weighted by Crippen LogP contribution is -2.35. The Bertz CT molecular complexity index is 920. The van der Waals surface area contributed by atoms with E-state index in [2.05, 4.69) is 20.6 Å². The summed E-state index contributed by atoms with van der Waals surface area (Å²) < 4.78 is 5.21. The van der Waals surface area contributed by atoms with Crippen LogP contribution in [-0.2, 0) is 0 Å². The molecule has 0 fully saturated rings. The van der Waals surface area contributed by atoms with E-state index in [1.54, 1.807) is 18.4 Å². The van der Waals surface area contributed by atoms with Gasteiger partial charge in [0.25, 0.3) is 0 Å². The Balaban J connectivity index is 1.55. The van der Waals surface area contributed by atoms with E-state index in [1.165, 1.54) is 0 Å². The zero-order valence-corrected chi connectivity index (χ0v) is 15.2. The molecule has 3 aromatic rings. The first kappa shape index (κ1) is 16.5. The molecule has 0 radical (unpaired) electrons. The van der Waals surface area contributed by atoms with Gasteiger partial charge >= 0.3 is 0 Å². The zero-order valence-electron chi connectivity index (χ0n) is 14.4. The van der Waals surface area contributed by atoms with E-state index < -0.39 is 0 Å². The second kappa shape index (κ2) is 7.53. The van der Waals surface area contributed by atoms with Crippen molar-refractivity contribution < 1.29 is 4.74 Å². The molecule has 0 aliphatic carbocycles. The van der Waals surface area contributed by atoms with E-state index in [9.17, 15) is 0 Å². The molecular formula is C19H19N5OS. The number of ether oxygens (including phenoxy) is 1. The minimum atomic E-state index is 0.789. The Labute approximate surface area is 156 Å². The number of methoxy groups -OCH3 is 1. The maximum atomic E-state index is 5.21. The van der Waals surface area contributed by atoms with E-state index in [1.807, 2.05) is 47.8 Å². The van der Waals surface area contributed by atoms with Gasteiger partial charge in [-0.3, -0.25) is 4.99 Å². The van der Waals surface area contributed by atoms with Gasteiger partial charge in [-0.1, -0.05) is 6.07 Å². The van der Waals surface area contributed by atoms with Crippen LogP contribution in [-0.4, -0.2) is 36.1 Å². The Morgan fingerprint density at radius 3 is 2.65 bits per heavy atom. The Hall–Kier alpha value is -2.93. The van der Waals surface area contributed by atoms with Gasteiger partial charge in [0.2, 0.25) is 0 Å². The summed E-state index contributed by atoms with van der Waals surface area (Å²) in [4.78, 5) is 13.8. The van der Waals surface area contributed by atoms with Gasteiger partial charge in [-0.15, -0.1) is 11.3 Å². The zero-order chi connectivity index (χ0) is 17.8. The monoisotopic (exact) mass is 365 g/mol. The molecular weight excluding hydrogens is 346 g/mol. The molecule has 4 rings (SSSR count). The van der Waals surface area contributed by atoms with E-state index in [-0.39, 0.29) is 0 Å². The maximum absolute atomic E-state index is 5.21. The molecule has 6 nitrogen and oxygen atoms in total. The van der Waals surface area contributed by atoms with Crippen LogP contribution in [0.2, 0.25) is 0 Å². The Kier molecular flexibility index (Phi) is 4.79. The molecule has 0 saturated carbocycles. The van der Waals surface area contributed by atoms with Crippen LogP contribution in [0.1, 0.15) is 6.42 Å². The van der Waals surface area contributed by atoms with Gasteiger partial charge in [-0.2, -0.15) is 0 Å². The molecule has 1 aromatic carbocycles. The van der Waals surface area contributed by atoms with Gasteiger partial charge in [-0.25, -0.2) is 9.97 Å². The van der Waals surface area contributed by atoms with Crippen molar-refractivity contribution in [1.29, 1.82) is 0 Å². The van der Waals surface area contributed by atoms with Crippen LogP contribution in [0.4, 0.5) is 5.13 Å². The van der Waals surface area contributed by atoms with Crippen LogP contribution in [0.5, 0.6) is 5.75 Å². The molecule has 132 valence electrons. The van der Waals surface area contributed by atoms with Gasteiger partial charge in [0.15, 0.2) is 11.1 Å². The molecule has 0 atom stereocenters. The normalized spacial score (nSPS) is 13.7. The summed E-state index contributed by atoms with van der Waals surface area (Å²) in [5.74, 6) is 1.62. The summed E-state index contributed by atoms with van der Waals surface area (Å²) in [6, 6.07) is 13.9. The Morgan fingerprint density at radius 1 is 1.04 bits per heavy atom. The first-order valence-corrected chi connectivity index (χ1v) is 9.32. The summed E-state index contributed by atoms with van der Waals surface area (Å²) in [7, 11) is 1.66. The van der Waals surface area contributed by atoms with Crippen LogP contribution in [0.3, 0.4) is 0 Å².